The topological polar surface area (TPSA) is 146 Å². The Morgan fingerprint density at radius 2 is 0.889 bits per heavy atom. The Morgan fingerprint density at radius 3 is 1.11 bits per heavy atom. The van der Waals surface area contributed by atoms with Crippen LogP contribution in [0.2, 0.25) is 0 Å². The fourth-order valence-electron chi connectivity index (χ4n) is 1.30. The van der Waals surface area contributed by atoms with Gasteiger partial charge in [-0.25, -0.2) is 0 Å². The summed E-state index contributed by atoms with van der Waals surface area (Å²) in [6.07, 6.45) is -1.64. The molecule has 0 bridgehead atoms. The van der Waals surface area contributed by atoms with Gasteiger partial charge in [-0.2, -0.15) is 0 Å². The molecule has 0 radical (unpaired) electrons. The largest absolute Gasteiger partial charge is 0.488 e. The van der Waals surface area contributed by atoms with Crippen LogP contribution in [0.15, 0.2) is 0 Å². The van der Waals surface area contributed by atoms with Crippen LogP contribution in [0.25, 0.3) is 0 Å². The van der Waals surface area contributed by atoms with Gasteiger partial charge >= 0.3 is 35.8 Å². The van der Waals surface area contributed by atoms with E-state index < -0.39 is 48.7 Å². The Kier molecular flexibility index (Phi) is 2.48. The lowest BCUT2D eigenvalue weighted by molar-refractivity contribution is -0.510. The average molecular weight is 262 g/mol. The highest BCUT2D eigenvalue weighted by Crippen LogP contribution is 2.34. The lowest BCUT2D eigenvalue weighted by Gasteiger charge is -2.40. The standard InChI is InChI=1S/C8H6O10/c9-3-1-4(10)16-7(13,15-3)8(14)17-5(11)2-6(12)18-8/h13-14H,1-2H2. The van der Waals surface area contributed by atoms with Gasteiger partial charge in [-0.3, -0.25) is 19.2 Å². The normalized spacial score (nSPS) is 25.7. The van der Waals surface area contributed by atoms with Gasteiger partial charge in [-0.1, -0.05) is 0 Å². The zero-order chi connectivity index (χ0) is 13.6. The summed E-state index contributed by atoms with van der Waals surface area (Å²) in [7, 11) is 0. The Bertz CT molecular complexity index is 377. The fourth-order valence-corrected chi connectivity index (χ4v) is 1.30. The average Bonchev–Trinajstić information content (AvgIpc) is 2.11. The maximum atomic E-state index is 11.0. The van der Waals surface area contributed by atoms with Gasteiger partial charge in [0.25, 0.3) is 0 Å². The zero-order valence-corrected chi connectivity index (χ0v) is 8.57. The van der Waals surface area contributed by atoms with Crippen LogP contribution < -0.4 is 0 Å². The van der Waals surface area contributed by atoms with Crippen molar-refractivity contribution in [3.05, 3.63) is 0 Å². The van der Waals surface area contributed by atoms with Gasteiger partial charge in [0.2, 0.25) is 0 Å². The zero-order valence-electron chi connectivity index (χ0n) is 8.57. The molecule has 2 heterocycles. The highest BCUT2D eigenvalue weighted by Gasteiger charge is 2.68. The Morgan fingerprint density at radius 1 is 0.667 bits per heavy atom. The summed E-state index contributed by atoms with van der Waals surface area (Å²) in [4.78, 5) is 43.8. The smallest absolute Gasteiger partial charge is 0.389 e. The van der Waals surface area contributed by atoms with E-state index in [1.165, 1.54) is 0 Å². The lowest BCUT2D eigenvalue weighted by Crippen LogP contribution is -2.67. The van der Waals surface area contributed by atoms with Crippen LogP contribution in [0.3, 0.4) is 0 Å². The summed E-state index contributed by atoms with van der Waals surface area (Å²) in [5, 5.41) is 19.3. The molecule has 10 heteroatoms. The van der Waals surface area contributed by atoms with E-state index in [1.54, 1.807) is 0 Å². The third-order valence-electron chi connectivity index (χ3n) is 1.99. The number of aliphatic hydroxyl groups is 2. The summed E-state index contributed by atoms with van der Waals surface area (Å²) in [6, 6.07) is 0. The first kappa shape index (κ1) is 12.3. The second-order valence-electron chi connectivity index (χ2n) is 3.41. The second-order valence-corrected chi connectivity index (χ2v) is 3.41. The summed E-state index contributed by atoms with van der Waals surface area (Å²) < 4.78 is 16.6. The molecule has 0 spiro atoms. The summed E-state index contributed by atoms with van der Waals surface area (Å²) >= 11 is 0. The molecule has 0 unspecified atom stereocenters. The number of ether oxygens (including phenoxy) is 4. The monoisotopic (exact) mass is 262 g/mol. The predicted octanol–water partition coefficient (Wildman–Crippen LogP) is -2.74. The number of carbonyl (C=O) groups is 4. The van der Waals surface area contributed by atoms with Gasteiger partial charge in [0.15, 0.2) is 0 Å². The molecule has 10 nitrogen and oxygen atoms in total. The minimum atomic E-state index is -3.44. The van der Waals surface area contributed by atoms with Crippen molar-refractivity contribution in [2.75, 3.05) is 0 Å². The Balaban J connectivity index is 2.32. The van der Waals surface area contributed by atoms with Gasteiger partial charge in [0, 0.05) is 0 Å². The SMILES string of the molecule is O=C1CC(=O)OC(O)(C2(O)OC(=O)CC(=O)O2)O1. The van der Waals surface area contributed by atoms with Crippen molar-refractivity contribution in [3.8, 4) is 0 Å². The third kappa shape index (κ3) is 1.87. The molecule has 0 aliphatic carbocycles. The molecular weight excluding hydrogens is 256 g/mol. The molecule has 0 saturated carbocycles. The molecule has 2 fully saturated rings. The fraction of sp³-hybridized carbons (Fsp3) is 0.500. The first-order valence-corrected chi connectivity index (χ1v) is 4.56. The molecule has 2 rings (SSSR count). The van der Waals surface area contributed by atoms with Crippen molar-refractivity contribution < 1.29 is 48.3 Å². The highest BCUT2D eigenvalue weighted by molar-refractivity contribution is 5.94. The minimum Gasteiger partial charge on any atom is -0.389 e. The maximum absolute atomic E-state index is 11.0. The van der Waals surface area contributed by atoms with E-state index >= 15 is 0 Å². The van der Waals surface area contributed by atoms with Crippen molar-refractivity contribution in [2.24, 2.45) is 0 Å². The van der Waals surface area contributed by atoms with E-state index in [1.807, 2.05) is 0 Å². The van der Waals surface area contributed by atoms with Crippen molar-refractivity contribution in [1.29, 1.82) is 0 Å². The molecule has 0 aromatic rings. The summed E-state index contributed by atoms with van der Waals surface area (Å²) in [5.74, 6) is -11.9. The summed E-state index contributed by atoms with van der Waals surface area (Å²) in [6.45, 7) is 0. The number of carbonyl (C=O) groups excluding carboxylic acids is 4. The number of hydrogen-bond acceptors (Lipinski definition) is 10. The van der Waals surface area contributed by atoms with Crippen LogP contribution in [0.1, 0.15) is 12.8 Å². The Labute approximate surface area is 98.0 Å². The lowest BCUT2D eigenvalue weighted by atomic mass is 10.3. The first-order chi connectivity index (χ1) is 8.24. The van der Waals surface area contributed by atoms with E-state index in [-0.39, 0.29) is 0 Å². The van der Waals surface area contributed by atoms with E-state index in [9.17, 15) is 29.4 Å². The van der Waals surface area contributed by atoms with Crippen LogP contribution in [-0.2, 0) is 38.1 Å². The highest BCUT2D eigenvalue weighted by atomic mass is 17.0. The molecular formula is C8H6O10. The van der Waals surface area contributed by atoms with Gasteiger partial charge in [0.05, 0.1) is 0 Å². The molecule has 0 atom stereocenters. The van der Waals surface area contributed by atoms with Crippen molar-refractivity contribution in [3.63, 3.8) is 0 Å². The van der Waals surface area contributed by atoms with Gasteiger partial charge in [0.1, 0.15) is 12.8 Å². The molecule has 98 valence electrons. The first-order valence-electron chi connectivity index (χ1n) is 4.56. The van der Waals surface area contributed by atoms with Crippen molar-refractivity contribution in [1.82, 2.24) is 0 Å². The quantitative estimate of drug-likeness (QED) is 0.376. The predicted molar refractivity (Wildman–Crippen MR) is 43.5 cm³/mol. The van der Waals surface area contributed by atoms with Gasteiger partial charge < -0.3 is 29.2 Å². The number of esters is 4. The van der Waals surface area contributed by atoms with E-state index in [0.29, 0.717) is 0 Å². The van der Waals surface area contributed by atoms with E-state index in [2.05, 4.69) is 18.9 Å². The molecule has 0 aromatic carbocycles. The van der Waals surface area contributed by atoms with Crippen LogP contribution >= 0.6 is 0 Å². The van der Waals surface area contributed by atoms with Crippen LogP contribution in [0, 0.1) is 0 Å². The van der Waals surface area contributed by atoms with Crippen LogP contribution in [-0.4, -0.2) is 46.0 Å². The molecule has 2 aliphatic heterocycles. The third-order valence-corrected chi connectivity index (χ3v) is 1.99. The maximum Gasteiger partial charge on any atom is 0.488 e. The second kappa shape index (κ2) is 3.65. The molecule has 2 aliphatic rings. The van der Waals surface area contributed by atoms with Gasteiger partial charge in [-0.05, 0) is 0 Å². The molecule has 2 saturated heterocycles. The number of cyclic esters (lactones) is 4. The van der Waals surface area contributed by atoms with Crippen molar-refractivity contribution >= 4 is 23.9 Å². The number of hydrogen-bond donors (Lipinski definition) is 2. The molecule has 0 amide bonds. The Hall–Kier alpha value is -2.20. The number of rotatable bonds is 1. The molecule has 18 heavy (non-hydrogen) atoms. The summed E-state index contributed by atoms with van der Waals surface area (Å²) in [5.41, 5.74) is 0. The molecule has 0 aromatic heterocycles. The molecule has 2 N–H and O–H groups in total. The van der Waals surface area contributed by atoms with Crippen LogP contribution in [0.4, 0.5) is 0 Å². The minimum absolute atomic E-state index is 0.819. The van der Waals surface area contributed by atoms with Crippen LogP contribution in [0.5, 0.6) is 0 Å². The van der Waals surface area contributed by atoms with Crippen molar-refractivity contribution in [2.45, 2.75) is 24.8 Å². The van der Waals surface area contributed by atoms with E-state index in [4.69, 9.17) is 0 Å². The van der Waals surface area contributed by atoms with Gasteiger partial charge in [-0.15, -0.1) is 0 Å². The van der Waals surface area contributed by atoms with E-state index in [0.717, 1.165) is 0 Å².